The van der Waals surface area contributed by atoms with Gasteiger partial charge in [-0.3, -0.25) is 0 Å². The van der Waals surface area contributed by atoms with E-state index in [1.54, 1.807) is 109 Å². The average Bonchev–Trinajstić information content (AvgIpc) is 2.91. The molecule has 5 rings (SSSR count). The van der Waals surface area contributed by atoms with Crippen LogP contribution >= 0.6 is 0 Å². The Kier molecular flexibility index (Phi) is 6.77. The fourth-order valence-corrected chi connectivity index (χ4v) is 3.49. The second-order valence-corrected chi connectivity index (χ2v) is 8.43. The van der Waals surface area contributed by atoms with Crippen LogP contribution < -0.4 is 41.9 Å². The molecule has 0 heterocycles. The first-order valence-corrected chi connectivity index (χ1v) is 11.7. The van der Waals surface area contributed by atoms with Crippen molar-refractivity contribution in [3.05, 3.63) is 109 Å². The van der Waals surface area contributed by atoms with E-state index < -0.39 is 0 Å². The van der Waals surface area contributed by atoms with Gasteiger partial charge in [-0.05, 0) is 97.1 Å². The van der Waals surface area contributed by atoms with Crippen LogP contribution in [0.5, 0.6) is 46.0 Å². The summed E-state index contributed by atoms with van der Waals surface area (Å²) in [6.07, 6.45) is 0. The highest BCUT2D eigenvalue weighted by Crippen LogP contribution is 2.46. The van der Waals surface area contributed by atoms with Crippen LogP contribution in [0.1, 0.15) is 0 Å². The van der Waals surface area contributed by atoms with E-state index in [1.807, 2.05) is 0 Å². The number of hydrogen-bond donors (Lipinski definition) is 4. The Balaban J connectivity index is 1.59. The smallest absolute Gasteiger partial charge is 0.173 e. The van der Waals surface area contributed by atoms with Gasteiger partial charge >= 0.3 is 0 Å². The molecule has 0 bridgehead atoms. The third-order valence-electron chi connectivity index (χ3n) is 5.44. The molecule has 0 aliphatic rings. The van der Waals surface area contributed by atoms with E-state index >= 15 is 0 Å². The molecule has 0 spiro atoms. The summed E-state index contributed by atoms with van der Waals surface area (Å²) in [6, 6.07) is 31.5. The minimum Gasteiger partial charge on any atom is -0.453 e. The predicted molar refractivity (Wildman–Crippen MR) is 150 cm³/mol. The molecule has 0 atom stereocenters. The summed E-state index contributed by atoms with van der Waals surface area (Å²) < 4.78 is 24.8. The van der Waals surface area contributed by atoms with Crippen LogP contribution in [0, 0.1) is 0 Å². The lowest BCUT2D eigenvalue weighted by atomic mass is 10.2. The van der Waals surface area contributed by atoms with Gasteiger partial charge < -0.3 is 41.9 Å². The molecule has 0 aromatic heterocycles. The Morgan fingerprint density at radius 1 is 0.289 bits per heavy atom. The molecule has 0 aliphatic heterocycles. The van der Waals surface area contributed by atoms with Gasteiger partial charge in [0, 0.05) is 34.9 Å². The van der Waals surface area contributed by atoms with Gasteiger partial charge in [-0.2, -0.15) is 0 Å². The third kappa shape index (κ3) is 6.00. The molecule has 0 amide bonds. The molecule has 5 aromatic rings. The number of anilines is 4. The van der Waals surface area contributed by atoms with Gasteiger partial charge in [-0.15, -0.1) is 0 Å². The van der Waals surface area contributed by atoms with Crippen molar-refractivity contribution in [1.29, 1.82) is 0 Å². The van der Waals surface area contributed by atoms with Crippen molar-refractivity contribution in [3.63, 3.8) is 0 Å². The maximum absolute atomic E-state index is 6.20. The zero-order chi connectivity index (χ0) is 26.5. The molecule has 8 heteroatoms. The summed E-state index contributed by atoms with van der Waals surface area (Å²) in [5, 5.41) is 0. The lowest BCUT2D eigenvalue weighted by Crippen LogP contribution is -1.96. The summed E-state index contributed by atoms with van der Waals surface area (Å²) in [5.41, 5.74) is 25.9. The lowest BCUT2D eigenvalue weighted by molar-refractivity contribution is 0.390. The fraction of sp³-hybridized carbons (Fsp3) is 0. The van der Waals surface area contributed by atoms with E-state index in [-0.39, 0.29) is 0 Å². The van der Waals surface area contributed by atoms with Crippen molar-refractivity contribution in [2.24, 2.45) is 0 Å². The standard InChI is InChI=1S/C30H26N4O4/c31-19-1-9-23(10-2-19)35-27-17-29(37-25-13-5-21(33)6-14-25)30(38-26-15-7-22(34)8-16-26)18-28(27)36-24-11-3-20(32)4-12-24/h1-18H,31-34H2. The molecule has 8 N–H and O–H groups in total. The average molecular weight is 507 g/mol. The van der Waals surface area contributed by atoms with Crippen molar-refractivity contribution in [1.82, 2.24) is 0 Å². The maximum Gasteiger partial charge on any atom is 0.173 e. The Morgan fingerprint density at radius 2 is 0.474 bits per heavy atom. The second kappa shape index (κ2) is 10.6. The van der Waals surface area contributed by atoms with Gasteiger partial charge in [-0.1, -0.05) is 0 Å². The van der Waals surface area contributed by atoms with Crippen LogP contribution in [-0.2, 0) is 0 Å². The molecule has 190 valence electrons. The normalized spacial score (nSPS) is 10.5. The maximum atomic E-state index is 6.20. The van der Waals surface area contributed by atoms with Gasteiger partial charge in [0.25, 0.3) is 0 Å². The first kappa shape index (κ1) is 24.2. The van der Waals surface area contributed by atoms with Crippen LogP contribution in [0.25, 0.3) is 0 Å². The SMILES string of the molecule is Nc1ccc(Oc2cc(Oc3ccc(N)cc3)c(Oc3ccc(N)cc3)cc2Oc2ccc(N)cc2)cc1. The topological polar surface area (TPSA) is 141 Å². The zero-order valence-corrected chi connectivity index (χ0v) is 20.3. The van der Waals surface area contributed by atoms with E-state index in [0.717, 1.165) is 0 Å². The quantitative estimate of drug-likeness (QED) is 0.162. The summed E-state index contributed by atoms with van der Waals surface area (Å²) in [5.74, 6) is 3.81. The molecule has 38 heavy (non-hydrogen) atoms. The van der Waals surface area contributed by atoms with Crippen molar-refractivity contribution in [2.75, 3.05) is 22.9 Å². The number of ether oxygens (including phenoxy) is 4. The molecular formula is C30H26N4O4. The van der Waals surface area contributed by atoms with Crippen LogP contribution in [0.4, 0.5) is 22.7 Å². The van der Waals surface area contributed by atoms with Gasteiger partial charge in [0.15, 0.2) is 23.0 Å². The predicted octanol–water partition coefficient (Wildman–Crippen LogP) is 7.18. The highest BCUT2D eigenvalue weighted by Gasteiger charge is 2.18. The minimum absolute atomic E-state index is 0.390. The second-order valence-electron chi connectivity index (χ2n) is 8.43. The monoisotopic (exact) mass is 506 g/mol. The molecule has 0 saturated heterocycles. The molecule has 0 saturated carbocycles. The zero-order valence-electron chi connectivity index (χ0n) is 20.3. The Hall–Kier alpha value is -5.50. The van der Waals surface area contributed by atoms with Crippen LogP contribution in [0.15, 0.2) is 109 Å². The van der Waals surface area contributed by atoms with E-state index in [2.05, 4.69) is 0 Å². The molecule has 0 unspecified atom stereocenters. The number of hydrogen-bond acceptors (Lipinski definition) is 8. The molecule has 0 aliphatic carbocycles. The minimum atomic E-state index is 0.390. The van der Waals surface area contributed by atoms with Gasteiger partial charge in [0.05, 0.1) is 0 Å². The number of nitrogens with two attached hydrogens (primary N) is 4. The Bertz CT molecular complexity index is 1290. The first-order chi connectivity index (χ1) is 18.4. The largest absolute Gasteiger partial charge is 0.453 e. The first-order valence-electron chi connectivity index (χ1n) is 11.7. The molecule has 8 nitrogen and oxygen atoms in total. The van der Waals surface area contributed by atoms with Crippen molar-refractivity contribution in [3.8, 4) is 46.0 Å². The Morgan fingerprint density at radius 3 is 0.658 bits per heavy atom. The van der Waals surface area contributed by atoms with Crippen molar-refractivity contribution >= 4 is 22.7 Å². The Labute approximate surface area is 219 Å². The lowest BCUT2D eigenvalue weighted by Gasteiger charge is -2.18. The van der Waals surface area contributed by atoms with E-state index in [0.29, 0.717) is 68.7 Å². The van der Waals surface area contributed by atoms with E-state index in [9.17, 15) is 0 Å². The molecular weight excluding hydrogens is 480 g/mol. The molecule has 0 radical (unpaired) electrons. The van der Waals surface area contributed by atoms with E-state index in [4.69, 9.17) is 41.9 Å². The van der Waals surface area contributed by atoms with Gasteiger partial charge in [0.1, 0.15) is 23.0 Å². The van der Waals surface area contributed by atoms with Crippen molar-refractivity contribution in [2.45, 2.75) is 0 Å². The number of nitrogen functional groups attached to an aromatic ring is 4. The number of benzene rings is 5. The fourth-order valence-electron chi connectivity index (χ4n) is 3.49. The summed E-state index contributed by atoms with van der Waals surface area (Å²) in [6.45, 7) is 0. The van der Waals surface area contributed by atoms with E-state index in [1.165, 1.54) is 0 Å². The van der Waals surface area contributed by atoms with Gasteiger partial charge in [-0.25, -0.2) is 0 Å². The van der Waals surface area contributed by atoms with Crippen LogP contribution in [0.2, 0.25) is 0 Å². The van der Waals surface area contributed by atoms with Crippen LogP contribution in [-0.4, -0.2) is 0 Å². The third-order valence-corrected chi connectivity index (χ3v) is 5.44. The molecule has 0 fully saturated rings. The summed E-state index contributed by atoms with van der Waals surface area (Å²) in [4.78, 5) is 0. The summed E-state index contributed by atoms with van der Waals surface area (Å²) in [7, 11) is 0. The molecule has 5 aromatic carbocycles. The highest BCUT2D eigenvalue weighted by atomic mass is 16.5. The van der Waals surface area contributed by atoms with Crippen molar-refractivity contribution < 1.29 is 18.9 Å². The van der Waals surface area contributed by atoms with Crippen LogP contribution in [0.3, 0.4) is 0 Å². The highest BCUT2D eigenvalue weighted by molar-refractivity contribution is 5.59. The summed E-state index contributed by atoms with van der Waals surface area (Å²) >= 11 is 0. The number of rotatable bonds is 8. The van der Waals surface area contributed by atoms with Gasteiger partial charge in [0.2, 0.25) is 0 Å².